The first-order valence-electron chi connectivity index (χ1n) is 7.54. The highest BCUT2D eigenvalue weighted by atomic mass is 19.1. The lowest BCUT2D eigenvalue weighted by atomic mass is 10.2. The van der Waals surface area contributed by atoms with Crippen molar-refractivity contribution in [3.8, 4) is 6.07 Å². The quantitative estimate of drug-likeness (QED) is 0.795. The van der Waals surface area contributed by atoms with Crippen LogP contribution in [0.3, 0.4) is 0 Å². The fourth-order valence-electron chi connectivity index (χ4n) is 2.01. The van der Waals surface area contributed by atoms with Crippen molar-refractivity contribution in [1.29, 1.82) is 5.26 Å². The monoisotopic (exact) mass is 337 g/mol. The van der Waals surface area contributed by atoms with Gasteiger partial charge in [-0.25, -0.2) is 4.39 Å². The number of carbonyl (C=O) groups is 2. The molecule has 0 aliphatic carbocycles. The largest absolute Gasteiger partial charge is 0.351 e. The highest BCUT2D eigenvalue weighted by Gasteiger charge is 2.01. The Morgan fingerprint density at radius 2 is 1.92 bits per heavy atom. The van der Waals surface area contributed by atoms with E-state index in [-0.39, 0.29) is 24.1 Å². The first-order chi connectivity index (χ1) is 12.1. The molecule has 0 radical (unpaired) electrons. The Labute approximate surface area is 144 Å². The second-order valence-corrected chi connectivity index (χ2v) is 5.19. The van der Waals surface area contributed by atoms with E-state index in [0.717, 1.165) is 5.56 Å². The predicted octanol–water partition coefficient (Wildman–Crippen LogP) is 3.01. The summed E-state index contributed by atoms with van der Waals surface area (Å²) in [4.78, 5) is 23.1. The maximum atomic E-state index is 13.1. The molecule has 2 amide bonds. The Balaban J connectivity index is 1.87. The molecule has 0 spiro atoms. The van der Waals surface area contributed by atoms with E-state index < -0.39 is 0 Å². The Morgan fingerprint density at radius 3 is 2.60 bits per heavy atom. The van der Waals surface area contributed by atoms with E-state index in [1.165, 1.54) is 24.3 Å². The molecule has 0 atom stereocenters. The van der Waals surface area contributed by atoms with Crippen LogP contribution in [0.5, 0.6) is 0 Å². The van der Waals surface area contributed by atoms with E-state index in [2.05, 4.69) is 10.6 Å². The molecule has 2 aromatic carbocycles. The average Bonchev–Trinajstić information content (AvgIpc) is 2.60. The molecule has 0 bridgehead atoms. The van der Waals surface area contributed by atoms with Gasteiger partial charge in [-0.1, -0.05) is 24.3 Å². The molecule has 0 unspecified atom stereocenters. The first kappa shape index (κ1) is 17.9. The van der Waals surface area contributed by atoms with Gasteiger partial charge in [-0.15, -0.1) is 0 Å². The summed E-state index contributed by atoms with van der Waals surface area (Å²) in [6.45, 7) is 0.314. The molecule has 0 aromatic heterocycles. The van der Waals surface area contributed by atoms with Crippen molar-refractivity contribution in [3.05, 3.63) is 71.6 Å². The number of anilines is 1. The van der Waals surface area contributed by atoms with E-state index in [1.807, 2.05) is 0 Å². The minimum atomic E-state index is -0.361. The van der Waals surface area contributed by atoms with E-state index in [1.54, 1.807) is 42.5 Å². The van der Waals surface area contributed by atoms with Crippen molar-refractivity contribution in [2.24, 2.45) is 0 Å². The van der Waals surface area contributed by atoms with Crippen LogP contribution in [0, 0.1) is 17.1 Å². The molecule has 25 heavy (non-hydrogen) atoms. The van der Waals surface area contributed by atoms with Gasteiger partial charge in [0, 0.05) is 18.3 Å². The zero-order chi connectivity index (χ0) is 18.1. The molecular weight excluding hydrogens is 321 g/mol. The van der Waals surface area contributed by atoms with Crippen molar-refractivity contribution in [1.82, 2.24) is 5.32 Å². The van der Waals surface area contributed by atoms with Crippen LogP contribution in [0.4, 0.5) is 10.1 Å². The smallest absolute Gasteiger partial charge is 0.248 e. The second kappa shape index (κ2) is 8.99. The fourth-order valence-corrected chi connectivity index (χ4v) is 2.01. The zero-order valence-corrected chi connectivity index (χ0v) is 13.3. The molecule has 5 nitrogen and oxygen atoms in total. The van der Waals surface area contributed by atoms with E-state index >= 15 is 0 Å². The molecule has 2 aromatic rings. The Morgan fingerprint density at radius 1 is 1.16 bits per heavy atom. The third-order valence-corrected chi connectivity index (χ3v) is 3.23. The summed E-state index contributed by atoms with van der Waals surface area (Å²) in [6, 6.07) is 14.7. The molecule has 0 saturated carbocycles. The van der Waals surface area contributed by atoms with Crippen LogP contribution in [-0.2, 0) is 16.1 Å². The van der Waals surface area contributed by atoms with Gasteiger partial charge in [0.1, 0.15) is 12.2 Å². The van der Waals surface area contributed by atoms with E-state index in [0.29, 0.717) is 17.8 Å². The van der Waals surface area contributed by atoms with Gasteiger partial charge in [0.25, 0.3) is 0 Å². The Kier molecular flexibility index (Phi) is 6.43. The first-order valence-corrected chi connectivity index (χ1v) is 7.54. The number of amides is 2. The third-order valence-electron chi connectivity index (χ3n) is 3.23. The normalized spacial score (nSPS) is 10.2. The number of nitrogens with one attached hydrogen (secondary N) is 2. The molecule has 126 valence electrons. The number of benzene rings is 2. The third kappa shape index (κ3) is 6.28. The number of nitrogens with zero attached hydrogens (tertiary/aromatic N) is 1. The predicted molar refractivity (Wildman–Crippen MR) is 92.6 cm³/mol. The van der Waals surface area contributed by atoms with Gasteiger partial charge in [-0.05, 0) is 41.5 Å². The lowest BCUT2D eigenvalue weighted by Gasteiger charge is -2.06. The summed E-state index contributed by atoms with van der Waals surface area (Å²) in [7, 11) is 0. The van der Waals surface area contributed by atoms with Gasteiger partial charge in [-0.2, -0.15) is 5.26 Å². The van der Waals surface area contributed by atoms with Gasteiger partial charge in [0.2, 0.25) is 11.8 Å². The van der Waals surface area contributed by atoms with Crippen molar-refractivity contribution in [2.45, 2.75) is 13.0 Å². The summed E-state index contributed by atoms with van der Waals surface area (Å²) in [5, 5.41) is 13.7. The topological polar surface area (TPSA) is 82.0 Å². The summed E-state index contributed by atoms with van der Waals surface area (Å²) >= 11 is 0. The maximum Gasteiger partial charge on any atom is 0.248 e. The maximum absolute atomic E-state index is 13.1. The SMILES string of the molecule is N#CCC(=O)NCc1ccc(NC(=O)/C=C/c2cccc(F)c2)cc1. The van der Waals surface area contributed by atoms with Gasteiger partial charge < -0.3 is 10.6 Å². The van der Waals surface area contributed by atoms with E-state index in [4.69, 9.17) is 5.26 Å². The van der Waals surface area contributed by atoms with Gasteiger partial charge >= 0.3 is 0 Å². The van der Waals surface area contributed by atoms with Crippen LogP contribution in [-0.4, -0.2) is 11.8 Å². The number of nitriles is 1. The summed E-state index contributed by atoms with van der Waals surface area (Å²) in [5.74, 6) is -1.03. The van der Waals surface area contributed by atoms with Crippen molar-refractivity contribution in [3.63, 3.8) is 0 Å². The molecule has 0 saturated heterocycles. The van der Waals surface area contributed by atoms with Crippen molar-refractivity contribution >= 4 is 23.6 Å². The van der Waals surface area contributed by atoms with Crippen molar-refractivity contribution in [2.75, 3.05) is 5.32 Å². The molecule has 0 aliphatic rings. The molecule has 2 rings (SSSR count). The van der Waals surface area contributed by atoms with E-state index in [9.17, 15) is 14.0 Å². The molecule has 0 aliphatic heterocycles. The standard InChI is InChI=1S/C19H16FN3O2/c20-16-3-1-2-14(12-16)6-9-19(25)23-17-7-4-15(5-8-17)13-22-18(24)10-11-21/h1-9,12H,10,13H2,(H,22,24)(H,23,25)/b9-6+. The number of carbonyl (C=O) groups excluding carboxylic acids is 2. The molecular formula is C19H16FN3O2. The highest BCUT2D eigenvalue weighted by Crippen LogP contribution is 2.10. The molecule has 0 heterocycles. The number of hydrogen-bond acceptors (Lipinski definition) is 3. The Bertz CT molecular complexity index is 823. The van der Waals surface area contributed by atoms with Crippen LogP contribution in [0.1, 0.15) is 17.5 Å². The summed E-state index contributed by atoms with van der Waals surface area (Å²) < 4.78 is 13.1. The summed E-state index contributed by atoms with van der Waals surface area (Å²) in [6.07, 6.45) is 2.67. The van der Waals surface area contributed by atoms with Crippen LogP contribution in [0.15, 0.2) is 54.6 Å². The second-order valence-electron chi connectivity index (χ2n) is 5.19. The lowest BCUT2D eigenvalue weighted by Crippen LogP contribution is -2.21. The van der Waals surface area contributed by atoms with Gasteiger partial charge in [0.05, 0.1) is 6.07 Å². The van der Waals surface area contributed by atoms with Crippen LogP contribution in [0.2, 0.25) is 0 Å². The Hall–Kier alpha value is -3.46. The fraction of sp³-hybridized carbons (Fsp3) is 0.105. The van der Waals surface area contributed by atoms with Gasteiger partial charge in [-0.3, -0.25) is 9.59 Å². The van der Waals surface area contributed by atoms with Crippen LogP contribution < -0.4 is 10.6 Å². The minimum absolute atomic E-state index is 0.175. The molecule has 0 fully saturated rings. The van der Waals surface area contributed by atoms with Crippen LogP contribution in [0.25, 0.3) is 6.08 Å². The zero-order valence-electron chi connectivity index (χ0n) is 13.3. The minimum Gasteiger partial charge on any atom is -0.351 e. The summed E-state index contributed by atoms with van der Waals surface area (Å²) in [5.41, 5.74) is 2.04. The highest BCUT2D eigenvalue weighted by molar-refractivity contribution is 6.01. The number of rotatable bonds is 6. The van der Waals surface area contributed by atoms with Crippen LogP contribution >= 0.6 is 0 Å². The van der Waals surface area contributed by atoms with Gasteiger partial charge in [0.15, 0.2) is 0 Å². The molecule has 6 heteroatoms. The molecule has 2 N–H and O–H groups in total. The number of halogens is 1. The number of hydrogen-bond donors (Lipinski definition) is 2. The lowest BCUT2D eigenvalue weighted by molar-refractivity contribution is -0.120. The average molecular weight is 337 g/mol. The van der Waals surface area contributed by atoms with Crippen molar-refractivity contribution < 1.29 is 14.0 Å².